The van der Waals surface area contributed by atoms with Crippen LogP contribution >= 0.6 is 0 Å². The number of ether oxygens (including phenoxy) is 1. The Morgan fingerprint density at radius 3 is 2.47 bits per heavy atom. The average Bonchev–Trinajstić information content (AvgIpc) is 2.39. The van der Waals surface area contributed by atoms with Crippen LogP contribution in [0.1, 0.15) is 40.5 Å². The predicted octanol–water partition coefficient (Wildman–Crippen LogP) is 1.90. The minimum atomic E-state index is -0.0709. The van der Waals surface area contributed by atoms with E-state index in [4.69, 9.17) is 4.74 Å². The molecule has 1 aliphatic heterocycles. The molecule has 0 aromatic heterocycles. The third kappa shape index (κ3) is 5.91. The lowest BCUT2D eigenvalue weighted by Gasteiger charge is -2.33. The number of hydrogen-bond donors (Lipinski definition) is 1. The van der Waals surface area contributed by atoms with Gasteiger partial charge in [0, 0.05) is 19.1 Å². The van der Waals surface area contributed by atoms with Gasteiger partial charge in [-0.15, -0.1) is 0 Å². The van der Waals surface area contributed by atoms with Crippen molar-refractivity contribution in [2.24, 2.45) is 11.8 Å². The smallest absolute Gasteiger partial charge is 0.309 e. The summed E-state index contributed by atoms with van der Waals surface area (Å²) in [6.45, 7) is 12.9. The minimum absolute atomic E-state index is 0.0379. The van der Waals surface area contributed by atoms with E-state index in [1.54, 1.807) is 0 Å². The average molecular weight is 270 g/mol. The molecule has 1 N–H and O–H groups in total. The van der Waals surface area contributed by atoms with Crippen molar-refractivity contribution in [2.75, 3.05) is 32.8 Å². The molecule has 0 aromatic rings. The summed E-state index contributed by atoms with van der Waals surface area (Å²) in [7, 11) is 0. The zero-order valence-corrected chi connectivity index (χ0v) is 12.9. The van der Waals surface area contributed by atoms with Gasteiger partial charge in [0.25, 0.3) is 0 Å². The zero-order chi connectivity index (χ0) is 14.3. The number of carbonyl (C=O) groups is 1. The van der Waals surface area contributed by atoms with Crippen molar-refractivity contribution in [3.63, 3.8) is 0 Å². The molecule has 0 amide bonds. The standard InChI is InChI=1S/C15H30N2O2/c1-5-19-15(18)13(4)10-17(12(2)3)11-14-6-8-16-9-7-14/h12-14,16H,5-11H2,1-4H3. The van der Waals surface area contributed by atoms with Crippen molar-refractivity contribution in [3.8, 4) is 0 Å². The van der Waals surface area contributed by atoms with Crippen molar-refractivity contribution >= 4 is 5.97 Å². The molecule has 0 spiro atoms. The van der Waals surface area contributed by atoms with Gasteiger partial charge in [0.15, 0.2) is 0 Å². The first kappa shape index (κ1) is 16.4. The summed E-state index contributed by atoms with van der Waals surface area (Å²) in [5.41, 5.74) is 0. The molecule has 112 valence electrons. The van der Waals surface area contributed by atoms with E-state index in [1.165, 1.54) is 12.8 Å². The van der Waals surface area contributed by atoms with Crippen LogP contribution in [0.15, 0.2) is 0 Å². The van der Waals surface area contributed by atoms with Crippen LogP contribution in [0, 0.1) is 11.8 Å². The second-order valence-electron chi connectivity index (χ2n) is 5.89. The van der Waals surface area contributed by atoms with E-state index < -0.39 is 0 Å². The van der Waals surface area contributed by atoms with Crippen LogP contribution in [-0.4, -0.2) is 49.7 Å². The first-order valence-electron chi connectivity index (χ1n) is 7.66. The molecule has 1 fully saturated rings. The highest BCUT2D eigenvalue weighted by molar-refractivity contribution is 5.72. The molecule has 4 heteroatoms. The van der Waals surface area contributed by atoms with Crippen LogP contribution in [0.5, 0.6) is 0 Å². The number of nitrogens with zero attached hydrogens (tertiary/aromatic N) is 1. The number of hydrogen-bond acceptors (Lipinski definition) is 4. The van der Waals surface area contributed by atoms with E-state index in [-0.39, 0.29) is 11.9 Å². The Hall–Kier alpha value is -0.610. The summed E-state index contributed by atoms with van der Waals surface area (Å²) in [5, 5.41) is 3.40. The largest absolute Gasteiger partial charge is 0.466 e. The maximum Gasteiger partial charge on any atom is 0.309 e. The normalized spacial score (nSPS) is 18.8. The van der Waals surface area contributed by atoms with E-state index in [9.17, 15) is 4.79 Å². The Labute approximate surface area is 117 Å². The number of carbonyl (C=O) groups excluding carboxylic acids is 1. The first-order chi connectivity index (χ1) is 9.04. The summed E-state index contributed by atoms with van der Waals surface area (Å²) >= 11 is 0. The summed E-state index contributed by atoms with van der Waals surface area (Å²) < 4.78 is 5.10. The molecular weight excluding hydrogens is 240 g/mol. The van der Waals surface area contributed by atoms with Gasteiger partial charge in [-0.2, -0.15) is 0 Å². The maximum absolute atomic E-state index is 11.7. The van der Waals surface area contributed by atoms with Gasteiger partial charge < -0.3 is 10.1 Å². The molecule has 0 aromatic carbocycles. The van der Waals surface area contributed by atoms with Gasteiger partial charge in [-0.3, -0.25) is 9.69 Å². The molecule has 1 aliphatic rings. The summed E-state index contributed by atoms with van der Waals surface area (Å²) in [6.07, 6.45) is 2.49. The Kier molecular flexibility index (Phi) is 7.39. The van der Waals surface area contributed by atoms with Gasteiger partial charge in [0.2, 0.25) is 0 Å². The lowest BCUT2D eigenvalue weighted by atomic mass is 9.96. The fourth-order valence-electron chi connectivity index (χ4n) is 2.60. The lowest BCUT2D eigenvalue weighted by Crippen LogP contribution is -2.42. The zero-order valence-electron chi connectivity index (χ0n) is 12.9. The van der Waals surface area contributed by atoms with Crippen LogP contribution < -0.4 is 5.32 Å². The highest BCUT2D eigenvalue weighted by Gasteiger charge is 2.23. The van der Waals surface area contributed by atoms with Crippen molar-refractivity contribution in [2.45, 2.75) is 46.6 Å². The maximum atomic E-state index is 11.7. The molecule has 1 atom stereocenters. The Bertz CT molecular complexity index is 263. The SMILES string of the molecule is CCOC(=O)C(C)CN(CC1CCNCC1)C(C)C. The molecule has 0 radical (unpaired) electrons. The van der Waals surface area contributed by atoms with Crippen LogP contribution in [0.3, 0.4) is 0 Å². The quantitative estimate of drug-likeness (QED) is 0.717. The van der Waals surface area contributed by atoms with Crippen molar-refractivity contribution < 1.29 is 9.53 Å². The first-order valence-corrected chi connectivity index (χ1v) is 7.66. The fourth-order valence-corrected chi connectivity index (χ4v) is 2.60. The van der Waals surface area contributed by atoms with Gasteiger partial charge in [-0.1, -0.05) is 6.92 Å². The summed E-state index contributed by atoms with van der Waals surface area (Å²) in [5.74, 6) is 0.653. The molecule has 1 unspecified atom stereocenters. The topological polar surface area (TPSA) is 41.6 Å². The van der Waals surface area contributed by atoms with E-state index in [0.29, 0.717) is 12.6 Å². The fraction of sp³-hybridized carbons (Fsp3) is 0.933. The van der Waals surface area contributed by atoms with Gasteiger partial charge >= 0.3 is 5.97 Å². The van der Waals surface area contributed by atoms with Crippen LogP contribution in [-0.2, 0) is 9.53 Å². The second kappa shape index (κ2) is 8.54. The number of rotatable bonds is 7. The minimum Gasteiger partial charge on any atom is -0.466 e. The molecule has 1 rings (SSSR count). The molecule has 1 saturated heterocycles. The van der Waals surface area contributed by atoms with Crippen molar-refractivity contribution in [1.29, 1.82) is 0 Å². The van der Waals surface area contributed by atoms with Gasteiger partial charge in [0.1, 0.15) is 0 Å². The van der Waals surface area contributed by atoms with Crippen LogP contribution in [0.4, 0.5) is 0 Å². The summed E-state index contributed by atoms with van der Waals surface area (Å²) in [6, 6.07) is 0.478. The molecule has 4 nitrogen and oxygen atoms in total. The van der Waals surface area contributed by atoms with Crippen LogP contribution in [0.25, 0.3) is 0 Å². The van der Waals surface area contributed by atoms with Gasteiger partial charge in [-0.05, 0) is 52.6 Å². The number of nitrogens with one attached hydrogen (secondary N) is 1. The highest BCUT2D eigenvalue weighted by atomic mass is 16.5. The molecule has 1 heterocycles. The third-order valence-electron chi connectivity index (χ3n) is 3.88. The van der Waals surface area contributed by atoms with Gasteiger partial charge in [0.05, 0.1) is 12.5 Å². The Balaban J connectivity index is 2.45. The van der Waals surface area contributed by atoms with E-state index in [2.05, 4.69) is 24.1 Å². The number of esters is 1. The molecular formula is C15H30N2O2. The molecule has 0 bridgehead atoms. The molecule has 19 heavy (non-hydrogen) atoms. The molecule has 0 saturated carbocycles. The van der Waals surface area contributed by atoms with E-state index in [1.807, 2.05) is 13.8 Å². The Morgan fingerprint density at radius 1 is 1.32 bits per heavy atom. The second-order valence-corrected chi connectivity index (χ2v) is 5.89. The number of piperidine rings is 1. The molecule has 0 aliphatic carbocycles. The van der Waals surface area contributed by atoms with Crippen molar-refractivity contribution in [1.82, 2.24) is 10.2 Å². The monoisotopic (exact) mass is 270 g/mol. The summed E-state index contributed by atoms with van der Waals surface area (Å²) in [4.78, 5) is 14.2. The van der Waals surface area contributed by atoms with E-state index in [0.717, 1.165) is 32.1 Å². The highest BCUT2D eigenvalue weighted by Crippen LogP contribution is 2.16. The lowest BCUT2D eigenvalue weighted by molar-refractivity contribution is -0.148. The van der Waals surface area contributed by atoms with E-state index >= 15 is 0 Å². The van der Waals surface area contributed by atoms with Crippen molar-refractivity contribution in [3.05, 3.63) is 0 Å². The van der Waals surface area contributed by atoms with Crippen LogP contribution in [0.2, 0.25) is 0 Å². The Morgan fingerprint density at radius 2 is 1.95 bits per heavy atom. The third-order valence-corrected chi connectivity index (χ3v) is 3.88. The van der Waals surface area contributed by atoms with Gasteiger partial charge in [-0.25, -0.2) is 0 Å². The predicted molar refractivity (Wildman–Crippen MR) is 78.1 cm³/mol.